The average Bonchev–Trinajstić information content (AvgIpc) is 3.59. The molecule has 1 aromatic carbocycles. The molecule has 2 aliphatic heterocycles. The molecule has 2 heterocycles. The van der Waals surface area contributed by atoms with E-state index in [-0.39, 0.29) is 50.3 Å². The smallest absolute Gasteiger partial charge is 0.240 e. The van der Waals surface area contributed by atoms with Crippen LogP contribution >= 0.6 is 0 Å². The zero-order valence-corrected chi connectivity index (χ0v) is 22.8. The Balaban J connectivity index is 1.62. The SMILES string of the molecule is NCCCC[C@H](CC(=O)[C@@H]1CCCN1C(=O)Cc1ccc2c(c1)OCO2)C(=O)N[C@@H](CCCN=C(N)N)C(N)=O. The summed E-state index contributed by atoms with van der Waals surface area (Å²) in [6, 6.07) is 3.83. The maximum Gasteiger partial charge on any atom is 0.240 e. The lowest BCUT2D eigenvalue weighted by atomic mass is 9.91. The number of hydrogen-bond acceptors (Lipinski definition) is 8. The van der Waals surface area contributed by atoms with Crippen LogP contribution in [-0.4, -0.2) is 72.9 Å². The number of carbonyl (C=O) groups excluding carboxylic acids is 4. The first kappa shape index (κ1) is 30.7. The number of aliphatic imine (C=N–C) groups is 1. The van der Waals surface area contributed by atoms with Crippen LogP contribution in [0.1, 0.15) is 56.9 Å². The van der Waals surface area contributed by atoms with E-state index in [1.165, 1.54) is 0 Å². The van der Waals surface area contributed by atoms with Crippen molar-refractivity contribution in [2.24, 2.45) is 33.8 Å². The number of likely N-dealkylation sites (tertiary alicyclic amines) is 1. The second-order valence-corrected chi connectivity index (χ2v) is 10.2. The molecule has 0 aromatic heterocycles. The molecular formula is C27H41N7O6. The quantitative estimate of drug-likeness (QED) is 0.102. The standard InChI is InChI=1S/C27H41N7O6/c28-10-2-1-5-18(26(38)33-19(25(29)37)6-3-11-32-27(30)31)15-21(35)20-7-4-12-34(20)24(36)14-17-8-9-22-23(13-17)40-16-39-22/h8-9,13,18-20H,1-7,10-12,14-16,28H2,(H2,29,37)(H,33,38)(H4,30,31,32)/t18-,19+,20+/m1/s1. The largest absolute Gasteiger partial charge is 0.454 e. The van der Waals surface area contributed by atoms with E-state index in [9.17, 15) is 19.2 Å². The minimum absolute atomic E-state index is 0.0473. The van der Waals surface area contributed by atoms with Gasteiger partial charge in [0.25, 0.3) is 0 Å². The molecule has 0 radical (unpaired) electrons. The van der Waals surface area contributed by atoms with Gasteiger partial charge in [0.2, 0.25) is 24.5 Å². The second-order valence-electron chi connectivity index (χ2n) is 10.2. The number of hydrogen-bond donors (Lipinski definition) is 5. The van der Waals surface area contributed by atoms with Crippen LogP contribution in [0, 0.1) is 5.92 Å². The van der Waals surface area contributed by atoms with E-state index in [1.807, 2.05) is 6.07 Å². The summed E-state index contributed by atoms with van der Waals surface area (Å²) in [7, 11) is 0. The Morgan fingerprint density at radius 2 is 1.82 bits per heavy atom. The van der Waals surface area contributed by atoms with Crippen LogP contribution in [0.15, 0.2) is 23.2 Å². The summed E-state index contributed by atoms with van der Waals surface area (Å²) in [4.78, 5) is 57.3. The van der Waals surface area contributed by atoms with Gasteiger partial charge in [0.05, 0.1) is 12.5 Å². The first-order valence-corrected chi connectivity index (χ1v) is 13.8. The lowest BCUT2D eigenvalue weighted by molar-refractivity contribution is -0.138. The molecule has 13 heteroatoms. The summed E-state index contributed by atoms with van der Waals surface area (Å²) in [5, 5.41) is 2.70. The minimum atomic E-state index is -0.917. The highest BCUT2D eigenvalue weighted by atomic mass is 16.7. The van der Waals surface area contributed by atoms with Gasteiger partial charge in [-0.15, -0.1) is 0 Å². The first-order chi connectivity index (χ1) is 19.2. The van der Waals surface area contributed by atoms with Gasteiger partial charge in [0, 0.05) is 25.4 Å². The molecule has 0 aliphatic carbocycles. The van der Waals surface area contributed by atoms with Gasteiger partial charge >= 0.3 is 0 Å². The van der Waals surface area contributed by atoms with Crippen LogP contribution in [0.3, 0.4) is 0 Å². The highest BCUT2D eigenvalue weighted by molar-refractivity contribution is 5.94. The van der Waals surface area contributed by atoms with Crippen molar-refractivity contribution in [3.05, 3.63) is 23.8 Å². The van der Waals surface area contributed by atoms with Crippen LogP contribution in [0.2, 0.25) is 0 Å². The zero-order chi connectivity index (χ0) is 29.1. The van der Waals surface area contributed by atoms with E-state index >= 15 is 0 Å². The molecule has 1 saturated heterocycles. The lowest BCUT2D eigenvalue weighted by Gasteiger charge is -2.26. The third-order valence-corrected chi connectivity index (χ3v) is 7.17. The molecule has 0 saturated carbocycles. The van der Waals surface area contributed by atoms with Gasteiger partial charge in [0.1, 0.15) is 6.04 Å². The maximum atomic E-state index is 13.4. The highest BCUT2D eigenvalue weighted by Gasteiger charge is 2.36. The van der Waals surface area contributed by atoms with Gasteiger partial charge in [-0.1, -0.05) is 12.5 Å². The number of unbranched alkanes of at least 4 members (excludes halogenated alkanes) is 1. The van der Waals surface area contributed by atoms with Crippen molar-refractivity contribution >= 4 is 29.5 Å². The number of guanidine groups is 1. The van der Waals surface area contributed by atoms with Crippen LogP contribution in [-0.2, 0) is 25.6 Å². The molecular weight excluding hydrogens is 518 g/mol. The van der Waals surface area contributed by atoms with Gasteiger partial charge in [-0.2, -0.15) is 0 Å². The molecule has 3 atom stereocenters. The molecule has 13 nitrogen and oxygen atoms in total. The maximum absolute atomic E-state index is 13.4. The van der Waals surface area contributed by atoms with Crippen LogP contribution in [0.25, 0.3) is 0 Å². The number of ketones is 1. The number of benzene rings is 1. The molecule has 2 aliphatic rings. The van der Waals surface area contributed by atoms with Gasteiger partial charge in [-0.05, 0) is 62.8 Å². The molecule has 9 N–H and O–H groups in total. The molecule has 40 heavy (non-hydrogen) atoms. The fraction of sp³-hybridized carbons (Fsp3) is 0.593. The van der Waals surface area contributed by atoms with Crippen molar-refractivity contribution in [3.8, 4) is 11.5 Å². The Hall–Kier alpha value is -3.87. The van der Waals surface area contributed by atoms with Crippen molar-refractivity contribution in [1.82, 2.24) is 10.2 Å². The summed E-state index contributed by atoms with van der Waals surface area (Å²) < 4.78 is 10.7. The molecule has 3 rings (SSSR count). The van der Waals surface area contributed by atoms with Crippen LogP contribution < -0.4 is 37.7 Å². The van der Waals surface area contributed by atoms with E-state index in [2.05, 4.69) is 10.3 Å². The Bertz CT molecular complexity index is 1090. The Morgan fingerprint density at radius 1 is 1.05 bits per heavy atom. The fourth-order valence-corrected chi connectivity index (χ4v) is 5.05. The topological polar surface area (TPSA) is 218 Å². The third-order valence-electron chi connectivity index (χ3n) is 7.17. The molecule has 0 spiro atoms. The number of amides is 3. The van der Waals surface area contributed by atoms with Crippen molar-refractivity contribution in [1.29, 1.82) is 0 Å². The van der Waals surface area contributed by atoms with Crippen LogP contribution in [0.4, 0.5) is 0 Å². The van der Waals surface area contributed by atoms with Gasteiger partial charge < -0.3 is 42.6 Å². The van der Waals surface area contributed by atoms with Gasteiger partial charge in [-0.25, -0.2) is 0 Å². The summed E-state index contributed by atoms with van der Waals surface area (Å²) >= 11 is 0. The number of nitrogens with two attached hydrogens (primary N) is 4. The predicted molar refractivity (Wildman–Crippen MR) is 148 cm³/mol. The van der Waals surface area contributed by atoms with Crippen molar-refractivity contribution in [2.45, 2.75) is 69.9 Å². The number of nitrogens with one attached hydrogen (secondary N) is 1. The van der Waals surface area contributed by atoms with E-state index < -0.39 is 29.8 Å². The first-order valence-electron chi connectivity index (χ1n) is 13.8. The molecule has 0 bridgehead atoms. The number of ether oxygens (including phenoxy) is 2. The monoisotopic (exact) mass is 559 g/mol. The van der Waals surface area contributed by atoms with Crippen molar-refractivity contribution < 1.29 is 28.7 Å². The van der Waals surface area contributed by atoms with Crippen molar-refractivity contribution in [2.75, 3.05) is 26.4 Å². The molecule has 0 unspecified atom stereocenters. The third kappa shape index (κ3) is 8.83. The van der Waals surface area contributed by atoms with Gasteiger partial charge in [0.15, 0.2) is 23.2 Å². The normalized spacial score (nSPS) is 17.2. The Labute approximate surface area is 234 Å². The lowest BCUT2D eigenvalue weighted by Crippen LogP contribution is -2.48. The van der Waals surface area contributed by atoms with E-state index in [0.29, 0.717) is 63.1 Å². The molecule has 220 valence electrons. The van der Waals surface area contributed by atoms with E-state index in [4.69, 9.17) is 32.4 Å². The molecule has 1 aromatic rings. The summed E-state index contributed by atoms with van der Waals surface area (Å²) in [5.74, 6) is -0.943. The van der Waals surface area contributed by atoms with Crippen molar-refractivity contribution in [3.63, 3.8) is 0 Å². The molecule has 1 fully saturated rings. The number of nitrogens with zero attached hydrogens (tertiary/aromatic N) is 2. The number of rotatable bonds is 16. The summed E-state index contributed by atoms with van der Waals surface area (Å²) in [6.07, 6.45) is 3.77. The Morgan fingerprint density at radius 3 is 2.55 bits per heavy atom. The zero-order valence-electron chi connectivity index (χ0n) is 22.8. The predicted octanol–water partition coefficient (Wildman–Crippen LogP) is -0.323. The summed E-state index contributed by atoms with van der Waals surface area (Å²) in [6.45, 7) is 1.37. The average molecular weight is 560 g/mol. The van der Waals surface area contributed by atoms with Gasteiger partial charge in [-0.3, -0.25) is 24.2 Å². The van der Waals surface area contributed by atoms with E-state index in [1.54, 1.807) is 17.0 Å². The number of fused-ring (bicyclic) bond motifs is 1. The number of primary amides is 1. The number of Topliss-reactive ketones (excluding diaryl/α,β-unsaturated/α-hetero) is 1. The second kappa shape index (κ2) is 15.1. The summed E-state index contributed by atoms with van der Waals surface area (Å²) in [5.41, 5.74) is 22.6. The minimum Gasteiger partial charge on any atom is -0.454 e. The molecule has 3 amide bonds. The number of carbonyl (C=O) groups is 4. The highest BCUT2D eigenvalue weighted by Crippen LogP contribution is 2.33. The Kier molecular flexibility index (Phi) is 11.5. The van der Waals surface area contributed by atoms with E-state index in [0.717, 1.165) is 5.56 Å². The van der Waals surface area contributed by atoms with Crippen LogP contribution in [0.5, 0.6) is 11.5 Å². The fourth-order valence-electron chi connectivity index (χ4n) is 5.05.